The molecule has 0 aliphatic heterocycles. The van der Waals surface area contributed by atoms with E-state index in [1.54, 1.807) is 6.92 Å². The van der Waals surface area contributed by atoms with Gasteiger partial charge in [0.2, 0.25) is 0 Å². The molecule has 1 atom stereocenters. The molecule has 0 aromatic carbocycles. The van der Waals surface area contributed by atoms with Crippen LogP contribution in [0.15, 0.2) is 36.6 Å². The molecule has 0 heterocycles. The number of ether oxygens (including phenoxy) is 2. The molecular formula is C13H21O7P. The van der Waals surface area contributed by atoms with Gasteiger partial charge >= 0.3 is 13.8 Å². The van der Waals surface area contributed by atoms with Crippen LogP contribution in [0.2, 0.25) is 0 Å². The summed E-state index contributed by atoms with van der Waals surface area (Å²) in [5.41, 5.74) is 0.881. The molecule has 0 aliphatic carbocycles. The van der Waals surface area contributed by atoms with E-state index in [9.17, 15) is 14.3 Å². The number of esters is 1. The summed E-state index contributed by atoms with van der Waals surface area (Å²) >= 11 is 0. The molecule has 0 fully saturated rings. The number of hydrogen-bond acceptors (Lipinski definition) is 6. The molecular weight excluding hydrogens is 299 g/mol. The first-order valence-corrected chi connectivity index (χ1v) is 7.57. The minimum atomic E-state index is -4.21. The van der Waals surface area contributed by atoms with Crippen molar-refractivity contribution in [1.29, 1.82) is 0 Å². The van der Waals surface area contributed by atoms with Crippen molar-refractivity contribution in [3.05, 3.63) is 36.6 Å². The van der Waals surface area contributed by atoms with Gasteiger partial charge in [0, 0.05) is 5.57 Å². The normalized spacial score (nSPS) is 13.1. The highest BCUT2D eigenvalue weighted by atomic mass is 31.2. The Bertz CT molecular complexity index is 417. The fourth-order valence-corrected chi connectivity index (χ4v) is 1.57. The zero-order chi connectivity index (χ0) is 16.5. The van der Waals surface area contributed by atoms with Gasteiger partial charge in [-0.15, -0.1) is 0 Å². The molecule has 0 aromatic rings. The van der Waals surface area contributed by atoms with E-state index < -0.39 is 13.8 Å². The largest absolute Gasteiger partial charge is 0.492 e. The third-order valence-corrected chi connectivity index (χ3v) is 3.03. The summed E-state index contributed by atoms with van der Waals surface area (Å²) in [5.74, 6) is -0.224. The van der Waals surface area contributed by atoms with Crippen molar-refractivity contribution in [1.82, 2.24) is 0 Å². The molecule has 0 amide bonds. The van der Waals surface area contributed by atoms with E-state index in [1.165, 1.54) is 6.92 Å². The molecule has 8 heteroatoms. The van der Waals surface area contributed by atoms with E-state index >= 15 is 0 Å². The third-order valence-electron chi connectivity index (χ3n) is 2.01. The van der Waals surface area contributed by atoms with Crippen molar-refractivity contribution in [2.24, 2.45) is 0 Å². The number of allylic oxidation sites excluding steroid dienone is 1. The monoisotopic (exact) mass is 320 g/mol. The van der Waals surface area contributed by atoms with Gasteiger partial charge in [0.1, 0.15) is 19.0 Å². The van der Waals surface area contributed by atoms with Crippen molar-refractivity contribution < 1.29 is 32.8 Å². The van der Waals surface area contributed by atoms with Crippen molar-refractivity contribution in [2.45, 2.75) is 13.8 Å². The van der Waals surface area contributed by atoms with Crippen molar-refractivity contribution in [3.8, 4) is 0 Å². The molecule has 120 valence electrons. The smallest absolute Gasteiger partial charge is 0.472 e. The maximum atomic E-state index is 11.4. The summed E-state index contributed by atoms with van der Waals surface area (Å²) in [6.07, 6.45) is 0. The van der Waals surface area contributed by atoms with E-state index in [0.717, 1.165) is 0 Å². The lowest BCUT2D eigenvalue weighted by Gasteiger charge is -2.13. The Kier molecular flexibility index (Phi) is 8.89. The summed E-state index contributed by atoms with van der Waals surface area (Å²) in [4.78, 5) is 20.3. The first-order chi connectivity index (χ1) is 9.65. The Morgan fingerprint density at radius 3 is 1.86 bits per heavy atom. The highest BCUT2D eigenvalue weighted by Crippen LogP contribution is 2.42. The Balaban J connectivity index is 3.81. The molecule has 0 saturated heterocycles. The number of carbonyl (C=O) groups is 1. The zero-order valence-corrected chi connectivity index (χ0v) is 13.2. The minimum Gasteiger partial charge on any atom is -0.492 e. The van der Waals surface area contributed by atoms with Crippen molar-refractivity contribution in [2.75, 3.05) is 26.4 Å². The van der Waals surface area contributed by atoms with Crippen molar-refractivity contribution >= 4 is 13.8 Å². The SMILES string of the molecule is C=C(C)C(=C)OCCOP(=O)(O)OCCOC(=O)C(=C)C. The Morgan fingerprint density at radius 1 is 0.952 bits per heavy atom. The molecule has 0 spiro atoms. The second-order valence-corrected chi connectivity index (χ2v) is 5.56. The number of phosphoric ester groups is 1. The summed E-state index contributed by atoms with van der Waals surface area (Å²) in [7, 11) is -4.21. The molecule has 0 saturated carbocycles. The average Bonchev–Trinajstić information content (AvgIpc) is 2.38. The van der Waals surface area contributed by atoms with Crippen LogP contribution in [0.4, 0.5) is 0 Å². The lowest BCUT2D eigenvalue weighted by molar-refractivity contribution is -0.139. The van der Waals surface area contributed by atoms with Crippen LogP contribution in [-0.4, -0.2) is 37.3 Å². The number of hydrogen-bond donors (Lipinski definition) is 1. The number of carbonyl (C=O) groups excluding carboxylic acids is 1. The first kappa shape index (κ1) is 19.6. The van der Waals surface area contributed by atoms with Crippen LogP contribution in [0.1, 0.15) is 13.8 Å². The molecule has 1 N–H and O–H groups in total. The minimum absolute atomic E-state index is 0.0320. The molecule has 21 heavy (non-hydrogen) atoms. The van der Waals surface area contributed by atoms with Gasteiger partial charge in [0.15, 0.2) is 0 Å². The molecule has 0 aromatic heterocycles. The first-order valence-electron chi connectivity index (χ1n) is 6.08. The van der Waals surface area contributed by atoms with Crippen LogP contribution in [0.5, 0.6) is 0 Å². The molecule has 0 bridgehead atoms. The summed E-state index contributed by atoms with van der Waals surface area (Å²) in [6.45, 7) is 13.2. The van der Waals surface area contributed by atoms with Gasteiger partial charge in [0.05, 0.1) is 13.2 Å². The van der Waals surface area contributed by atoms with E-state index in [1.807, 2.05) is 0 Å². The summed E-state index contributed by atoms with van der Waals surface area (Å²) in [5, 5.41) is 0. The maximum absolute atomic E-state index is 11.4. The topological polar surface area (TPSA) is 91.3 Å². The Morgan fingerprint density at radius 2 is 1.43 bits per heavy atom. The summed E-state index contributed by atoms with van der Waals surface area (Å²) < 4.78 is 30.5. The molecule has 0 rings (SSSR count). The number of rotatable bonds is 11. The fourth-order valence-electron chi connectivity index (χ4n) is 0.888. The maximum Gasteiger partial charge on any atom is 0.472 e. The predicted molar refractivity (Wildman–Crippen MR) is 77.4 cm³/mol. The lowest BCUT2D eigenvalue weighted by atomic mass is 10.3. The van der Waals surface area contributed by atoms with Gasteiger partial charge in [-0.2, -0.15) is 0 Å². The van der Waals surface area contributed by atoms with E-state index in [-0.39, 0.29) is 32.0 Å². The number of phosphoric acid groups is 1. The molecule has 1 unspecified atom stereocenters. The quantitative estimate of drug-likeness (QED) is 0.156. The summed E-state index contributed by atoms with van der Waals surface area (Å²) in [6, 6.07) is 0. The van der Waals surface area contributed by atoms with Crippen LogP contribution >= 0.6 is 7.82 Å². The Labute approximate surface area is 124 Å². The van der Waals surface area contributed by atoms with E-state index in [2.05, 4.69) is 33.5 Å². The van der Waals surface area contributed by atoms with Gasteiger partial charge in [-0.1, -0.05) is 19.7 Å². The van der Waals surface area contributed by atoms with Crippen LogP contribution in [0.3, 0.4) is 0 Å². The fraction of sp³-hybridized carbons (Fsp3) is 0.462. The van der Waals surface area contributed by atoms with Crippen LogP contribution < -0.4 is 0 Å². The molecule has 7 nitrogen and oxygen atoms in total. The van der Waals surface area contributed by atoms with Gasteiger partial charge in [0.25, 0.3) is 0 Å². The van der Waals surface area contributed by atoms with Gasteiger partial charge in [-0.05, 0) is 19.4 Å². The third kappa shape index (κ3) is 10.0. The predicted octanol–water partition coefficient (Wildman–Crippen LogP) is 2.35. The molecule has 0 radical (unpaired) electrons. The van der Waals surface area contributed by atoms with Gasteiger partial charge in [-0.3, -0.25) is 9.05 Å². The zero-order valence-electron chi connectivity index (χ0n) is 12.3. The highest BCUT2D eigenvalue weighted by molar-refractivity contribution is 7.47. The van der Waals surface area contributed by atoms with Crippen LogP contribution in [-0.2, 0) is 27.9 Å². The average molecular weight is 320 g/mol. The van der Waals surface area contributed by atoms with E-state index in [4.69, 9.17) is 4.74 Å². The van der Waals surface area contributed by atoms with Crippen LogP contribution in [0.25, 0.3) is 0 Å². The highest BCUT2D eigenvalue weighted by Gasteiger charge is 2.20. The second kappa shape index (κ2) is 9.52. The standard InChI is InChI=1S/C13H21O7P/c1-10(2)12(5)17-6-8-19-21(15,16)20-9-7-18-13(14)11(3)4/h1,3,5-9H2,2,4H3,(H,15,16). The van der Waals surface area contributed by atoms with Crippen molar-refractivity contribution in [3.63, 3.8) is 0 Å². The van der Waals surface area contributed by atoms with Gasteiger partial charge in [-0.25, -0.2) is 9.36 Å². The second-order valence-electron chi connectivity index (χ2n) is 4.10. The molecule has 0 aliphatic rings. The van der Waals surface area contributed by atoms with Gasteiger partial charge < -0.3 is 14.4 Å². The lowest BCUT2D eigenvalue weighted by Crippen LogP contribution is -2.11. The van der Waals surface area contributed by atoms with Crippen LogP contribution in [0, 0.1) is 0 Å². The van der Waals surface area contributed by atoms with E-state index in [0.29, 0.717) is 11.3 Å². The Hall–Kier alpha value is -1.40.